The summed E-state index contributed by atoms with van der Waals surface area (Å²) in [6, 6.07) is 9.56. The molecular weight excluding hydrogens is 252 g/mol. The molecule has 1 aliphatic rings. The van der Waals surface area contributed by atoms with Gasteiger partial charge in [0.1, 0.15) is 5.76 Å². The van der Waals surface area contributed by atoms with Crippen LogP contribution in [0.15, 0.2) is 42.2 Å². The first-order valence-electron chi connectivity index (χ1n) is 5.39. The molecule has 0 aromatic heterocycles. The van der Waals surface area contributed by atoms with Crippen LogP contribution in [0, 0.1) is 0 Å². The van der Waals surface area contributed by atoms with Crippen LogP contribution in [-0.2, 0) is 19.1 Å². The molecule has 1 heterocycles. The van der Waals surface area contributed by atoms with Crippen LogP contribution in [-0.4, -0.2) is 22.8 Å². The third-order valence-corrected chi connectivity index (χ3v) is 4.16. The monoisotopic (exact) mass is 264 g/mol. The molecule has 0 saturated carbocycles. The summed E-state index contributed by atoms with van der Waals surface area (Å²) in [5.41, 5.74) is 0.983. The quantitative estimate of drug-likeness (QED) is 0.655. The van der Waals surface area contributed by atoms with Crippen molar-refractivity contribution < 1.29 is 19.4 Å². The average molecular weight is 264 g/mol. The first-order valence-corrected chi connectivity index (χ1v) is 6.38. The maximum absolute atomic E-state index is 11.1. The molecule has 0 radical (unpaired) electrons. The van der Waals surface area contributed by atoms with Crippen LogP contribution in [0.1, 0.15) is 12.5 Å². The number of thioether (sulfide) groups is 1. The summed E-state index contributed by atoms with van der Waals surface area (Å²) in [5, 5.41) is 8.57. The molecule has 0 spiro atoms. The maximum atomic E-state index is 11.1. The minimum Gasteiger partial charge on any atom is -0.473 e. The summed E-state index contributed by atoms with van der Waals surface area (Å²) in [7, 11) is 0. The number of carboxylic acid groups (broad SMARTS) is 1. The predicted molar refractivity (Wildman–Crippen MR) is 68.1 cm³/mol. The summed E-state index contributed by atoms with van der Waals surface area (Å²) < 4.78 is 4.44. The van der Waals surface area contributed by atoms with Crippen LogP contribution < -0.4 is 0 Å². The van der Waals surface area contributed by atoms with Gasteiger partial charge in [0.25, 0.3) is 0 Å². The molecule has 0 amide bonds. The van der Waals surface area contributed by atoms with Gasteiger partial charge in [0.15, 0.2) is 0 Å². The van der Waals surface area contributed by atoms with Gasteiger partial charge in [0.05, 0.1) is 4.75 Å². The molecule has 0 fully saturated rings. The largest absolute Gasteiger partial charge is 0.473 e. The maximum Gasteiger partial charge on any atom is 0.422 e. The lowest BCUT2D eigenvalue weighted by Crippen LogP contribution is -2.24. The van der Waals surface area contributed by atoms with Crippen molar-refractivity contribution in [2.75, 3.05) is 5.75 Å². The molecule has 1 N–H and O–H groups in total. The molecule has 94 valence electrons. The standard InChI is InChI=1S/C13H12O4S/c1-13(9-5-3-2-4-6-9)10(7-8-18-13)17-12(16)11(14)15/h2-7H,8H2,1H3,(H,14,15). The molecule has 0 saturated heterocycles. The van der Waals surface area contributed by atoms with Gasteiger partial charge in [-0.15, -0.1) is 11.8 Å². The van der Waals surface area contributed by atoms with Gasteiger partial charge in [-0.25, -0.2) is 9.59 Å². The second-order valence-electron chi connectivity index (χ2n) is 3.97. The van der Waals surface area contributed by atoms with Crippen LogP contribution in [0.5, 0.6) is 0 Å². The van der Waals surface area contributed by atoms with Gasteiger partial charge in [0, 0.05) is 5.75 Å². The molecule has 5 heteroatoms. The minimum absolute atomic E-state index is 0.395. The average Bonchev–Trinajstić information content (AvgIpc) is 2.73. The van der Waals surface area contributed by atoms with E-state index >= 15 is 0 Å². The lowest BCUT2D eigenvalue weighted by Gasteiger charge is -2.26. The number of hydrogen-bond donors (Lipinski definition) is 1. The second-order valence-corrected chi connectivity index (χ2v) is 5.41. The molecule has 18 heavy (non-hydrogen) atoms. The number of carbonyl (C=O) groups is 2. The van der Waals surface area contributed by atoms with E-state index in [1.54, 1.807) is 17.8 Å². The number of hydrogen-bond acceptors (Lipinski definition) is 4. The Morgan fingerprint density at radius 3 is 2.61 bits per heavy atom. The summed E-state index contributed by atoms with van der Waals surface area (Å²) in [4.78, 5) is 21.7. The van der Waals surface area contributed by atoms with Gasteiger partial charge in [-0.05, 0) is 18.6 Å². The Bertz CT molecular complexity index is 509. The molecule has 1 atom stereocenters. The van der Waals surface area contributed by atoms with Crippen molar-refractivity contribution in [2.45, 2.75) is 11.7 Å². The van der Waals surface area contributed by atoms with Gasteiger partial charge >= 0.3 is 11.9 Å². The van der Waals surface area contributed by atoms with E-state index in [-0.39, 0.29) is 0 Å². The van der Waals surface area contributed by atoms with Crippen molar-refractivity contribution in [1.29, 1.82) is 0 Å². The van der Waals surface area contributed by atoms with E-state index < -0.39 is 16.7 Å². The highest BCUT2D eigenvalue weighted by atomic mass is 32.2. The normalized spacial score (nSPS) is 22.4. The number of aliphatic carboxylic acids is 1. The third kappa shape index (κ3) is 2.26. The Labute approximate surface area is 109 Å². The number of benzene rings is 1. The van der Waals surface area contributed by atoms with Gasteiger partial charge in [-0.1, -0.05) is 30.3 Å². The van der Waals surface area contributed by atoms with Crippen molar-refractivity contribution >= 4 is 23.7 Å². The fraction of sp³-hybridized carbons (Fsp3) is 0.231. The molecule has 1 unspecified atom stereocenters. The Morgan fingerprint density at radius 2 is 2.00 bits per heavy atom. The third-order valence-electron chi connectivity index (χ3n) is 2.81. The van der Waals surface area contributed by atoms with E-state index in [9.17, 15) is 9.59 Å². The van der Waals surface area contributed by atoms with Crippen molar-refractivity contribution in [3.05, 3.63) is 47.7 Å². The lowest BCUT2D eigenvalue weighted by atomic mass is 9.98. The number of esters is 1. The molecule has 2 rings (SSSR count). The topological polar surface area (TPSA) is 63.6 Å². The van der Waals surface area contributed by atoms with Crippen LogP contribution >= 0.6 is 11.8 Å². The van der Waals surface area contributed by atoms with Crippen LogP contribution in [0.4, 0.5) is 0 Å². The smallest absolute Gasteiger partial charge is 0.422 e. The number of carbonyl (C=O) groups excluding carboxylic acids is 1. The zero-order valence-corrected chi connectivity index (χ0v) is 10.6. The zero-order valence-electron chi connectivity index (χ0n) is 9.75. The van der Waals surface area contributed by atoms with Crippen molar-refractivity contribution in [3.63, 3.8) is 0 Å². The van der Waals surface area contributed by atoms with Gasteiger partial charge in [-0.2, -0.15) is 0 Å². The molecular formula is C13H12O4S. The minimum atomic E-state index is -1.58. The lowest BCUT2D eigenvalue weighted by molar-refractivity contribution is -0.161. The fourth-order valence-corrected chi connectivity index (χ4v) is 2.95. The first-order chi connectivity index (χ1) is 8.54. The van der Waals surface area contributed by atoms with E-state index in [0.29, 0.717) is 11.5 Å². The number of rotatable bonds is 2. The van der Waals surface area contributed by atoms with Crippen LogP contribution in [0.25, 0.3) is 0 Å². The van der Waals surface area contributed by atoms with E-state index in [4.69, 9.17) is 9.84 Å². The van der Waals surface area contributed by atoms with Crippen molar-refractivity contribution in [3.8, 4) is 0 Å². The van der Waals surface area contributed by atoms with E-state index in [2.05, 4.69) is 0 Å². The molecule has 1 aromatic rings. The van der Waals surface area contributed by atoms with Crippen LogP contribution in [0.3, 0.4) is 0 Å². The number of ether oxygens (including phenoxy) is 1. The molecule has 0 aliphatic carbocycles. The molecule has 4 nitrogen and oxygen atoms in total. The van der Waals surface area contributed by atoms with E-state index in [1.807, 2.05) is 37.3 Å². The first kappa shape index (κ1) is 12.7. The van der Waals surface area contributed by atoms with E-state index in [1.165, 1.54) is 0 Å². The highest BCUT2D eigenvalue weighted by molar-refractivity contribution is 8.00. The summed E-state index contributed by atoms with van der Waals surface area (Å²) in [6.45, 7) is 1.92. The highest BCUT2D eigenvalue weighted by Crippen LogP contribution is 2.47. The van der Waals surface area contributed by atoms with Crippen molar-refractivity contribution in [2.24, 2.45) is 0 Å². The predicted octanol–water partition coefficient (Wildman–Crippen LogP) is 2.16. The Morgan fingerprint density at radius 1 is 1.33 bits per heavy atom. The van der Waals surface area contributed by atoms with Gasteiger partial charge in [-0.3, -0.25) is 0 Å². The Kier molecular flexibility index (Phi) is 3.43. The van der Waals surface area contributed by atoms with Crippen molar-refractivity contribution in [1.82, 2.24) is 0 Å². The molecule has 0 bridgehead atoms. The van der Waals surface area contributed by atoms with E-state index in [0.717, 1.165) is 5.56 Å². The SMILES string of the molecule is CC1(c2ccccc2)SCC=C1OC(=O)C(=O)O. The highest BCUT2D eigenvalue weighted by Gasteiger charge is 2.38. The van der Waals surface area contributed by atoms with Crippen LogP contribution in [0.2, 0.25) is 0 Å². The fourth-order valence-electron chi connectivity index (χ4n) is 1.81. The molecule has 1 aliphatic heterocycles. The summed E-state index contributed by atoms with van der Waals surface area (Å²) >= 11 is 1.60. The Hall–Kier alpha value is -1.75. The molecule has 1 aromatic carbocycles. The Balaban J connectivity index is 2.26. The zero-order chi connectivity index (χ0) is 13.2. The summed E-state index contributed by atoms with van der Waals surface area (Å²) in [6.07, 6.45) is 1.75. The van der Waals surface area contributed by atoms with Gasteiger partial charge in [0.2, 0.25) is 0 Å². The number of carboxylic acids is 1. The van der Waals surface area contributed by atoms with Gasteiger partial charge < -0.3 is 9.84 Å². The second kappa shape index (κ2) is 4.86. The summed E-state index contributed by atoms with van der Waals surface area (Å²) in [5.74, 6) is -1.74.